The van der Waals surface area contributed by atoms with Crippen LogP contribution in [-0.2, 0) is 16.1 Å². The van der Waals surface area contributed by atoms with E-state index in [-0.39, 0.29) is 19.1 Å². The Balaban J connectivity index is 2.02. The smallest absolute Gasteiger partial charge is 0.262 e. The number of hydrogen-bond donors (Lipinski definition) is 3. The van der Waals surface area contributed by atoms with Crippen LogP contribution in [0.2, 0.25) is 0 Å². The van der Waals surface area contributed by atoms with Gasteiger partial charge in [0, 0.05) is 6.54 Å². The first-order valence-electron chi connectivity index (χ1n) is 5.20. The number of primary amides is 1. The Kier molecular flexibility index (Phi) is 3.24. The molecule has 90 valence electrons. The normalized spacial score (nSPS) is 13.5. The van der Waals surface area contributed by atoms with Crippen molar-refractivity contribution in [2.24, 2.45) is 5.73 Å². The van der Waals surface area contributed by atoms with Gasteiger partial charge in [-0.2, -0.15) is 0 Å². The molecular weight excluding hydrogens is 222 g/mol. The Morgan fingerprint density at radius 2 is 2.35 bits per heavy atom. The average Bonchev–Trinajstić information content (AvgIpc) is 2.28. The van der Waals surface area contributed by atoms with E-state index in [9.17, 15) is 9.59 Å². The Labute approximate surface area is 98.1 Å². The average molecular weight is 235 g/mol. The number of nitrogens with one attached hydrogen (secondary N) is 2. The lowest BCUT2D eigenvalue weighted by Crippen LogP contribution is -2.28. The number of ether oxygens (including phenoxy) is 1. The van der Waals surface area contributed by atoms with Gasteiger partial charge in [0.25, 0.3) is 5.91 Å². The van der Waals surface area contributed by atoms with Gasteiger partial charge in [-0.25, -0.2) is 0 Å². The van der Waals surface area contributed by atoms with Gasteiger partial charge in [0.15, 0.2) is 6.61 Å². The minimum Gasteiger partial charge on any atom is -0.482 e. The summed E-state index contributed by atoms with van der Waals surface area (Å²) in [6.07, 6.45) is 0. The zero-order valence-electron chi connectivity index (χ0n) is 9.16. The van der Waals surface area contributed by atoms with E-state index in [1.165, 1.54) is 0 Å². The first-order chi connectivity index (χ1) is 8.15. The molecule has 1 aliphatic heterocycles. The number of anilines is 1. The molecule has 2 rings (SSSR count). The first kappa shape index (κ1) is 11.4. The van der Waals surface area contributed by atoms with Crippen molar-refractivity contribution in [3.8, 4) is 5.75 Å². The van der Waals surface area contributed by atoms with Crippen LogP contribution in [0, 0.1) is 0 Å². The standard InChI is InChI=1S/C11H13N3O3/c12-10(15)5-13-4-7-1-2-9-8(3-7)14-11(16)6-17-9/h1-3,13H,4-6H2,(H2,12,15)(H,14,16). The summed E-state index contributed by atoms with van der Waals surface area (Å²) in [5, 5.41) is 5.61. The van der Waals surface area contributed by atoms with Crippen molar-refractivity contribution in [1.82, 2.24) is 5.32 Å². The van der Waals surface area contributed by atoms with E-state index >= 15 is 0 Å². The van der Waals surface area contributed by atoms with Gasteiger partial charge >= 0.3 is 0 Å². The second-order valence-electron chi connectivity index (χ2n) is 3.74. The summed E-state index contributed by atoms with van der Waals surface area (Å²) in [6.45, 7) is 0.679. The highest BCUT2D eigenvalue weighted by Crippen LogP contribution is 2.28. The molecule has 17 heavy (non-hydrogen) atoms. The molecule has 0 bridgehead atoms. The monoisotopic (exact) mass is 235 g/mol. The van der Waals surface area contributed by atoms with E-state index < -0.39 is 5.91 Å². The molecule has 1 heterocycles. The van der Waals surface area contributed by atoms with Gasteiger partial charge in [-0.05, 0) is 17.7 Å². The maximum absolute atomic E-state index is 11.1. The molecule has 0 unspecified atom stereocenters. The number of rotatable bonds is 4. The zero-order valence-corrected chi connectivity index (χ0v) is 9.16. The summed E-state index contributed by atoms with van der Waals surface area (Å²) in [5.74, 6) is 0.0857. The summed E-state index contributed by atoms with van der Waals surface area (Å²) >= 11 is 0. The molecule has 1 aliphatic rings. The lowest BCUT2D eigenvalue weighted by atomic mass is 10.1. The van der Waals surface area contributed by atoms with Gasteiger partial charge < -0.3 is 21.1 Å². The molecular formula is C11H13N3O3. The predicted molar refractivity (Wildman–Crippen MR) is 61.5 cm³/mol. The fourth-order valence-electron chi connectivity index (χ4n) is 1.57. The first-order valence-corrected chi connectivity index (χ1v) is 5.20. The summed E-state index contributed by atoms with van der Waals surface area (Å²) in [6, 6.07) is 5.46. The molecule has 0 atom stereocenters. The lowest BCUT2D eigenvalue weighted by Gasteiger charge is -2.18. The number of carbonyl (C=O) groups is 2. The molecule has 1 aromatic carbocycles. The minimum atomic E-state index is -0.403. The quantitative estimate of drug-likeness (QED) is 0.661. The van der Waals surface area contributed by atoms with Crippen LogP contribution in [0.25, 0.3) is 0 Å². The molecule has 1 aromatic rings. The summed E-state index contributed by atoms with van der Waals surface area (Å²) in [5.41, 5.74) is 6.60. The molecule has 2 amide bonds. The minimum absolute atomic E-state index is 0.0479. The van der Waals surface area contributed by atoms with Crippen LogP contribution in [0.5, 0.6) is 5.75 Å². The van der Waals surface area contributed by atoms with Gasteiger partial charge in [-0.1, -0.05) is 6.07 Å². The Morgan fingerprint density at radius 1 is 1.53 bits per heavy atom. The maximum Gasteiger partial charge on any atom is 0.262 e. The van der Waals surface area contributed by atoms with Gasteiger partial charge in [0.2, 0.25) is 5.91 Å². The molecule has 0 saturated heterocycles. The van der Waals surface area contributed by atoms with Crippen LogP contribution in [-0.4, -0.2) is 25.0 Å². The fourth-order valence-corrected chi connectivity index (χ4v) is 1.57. The Hall–Kier alpha value is -2.08. The second kappa shape index (κ2) is 4.84. The van der Waals surface area contributed by atoms with Gasteiger partial charge in [0.05, 0.1) is 12.2 Å². The van der Waals surface area contributed by atoms with Crippen molar-refractivity contribution in [3.05, 3.63) is 23.8 Å². The summed E-state index contributed by atoms with van der Waals surface area (Å²) in [4.78, 5) is 21.7. The number of fused-ring (bicyclic) bond motifs is 1. The van der Waals surface area contributed by atoms with Crippen LogP contribution in [0.3, 0.4) is 0 Å². The largest absolute Gasteiger partial charge is 0.482 e. The lowest BCUT2D eigenvalue weighted by molar-refractivity contribution is -0.119. The fraction of sp³-hybridized carbons (Fsp3) is 0.273. The molecule has 0 aromatic heterocycles. The zero-order chi connectivity index (χ0) is 12.3. The van der Waals surface area contributed by atoms with E-state index in [0.717, 1.165) is 5.56 Å². The Morgan fingerprint density at radius 3 is 3.12 bits per heavy atom. The van der Waals surface area contributed by atoms with Gasteiger partial charge in [0.1, 0.15) is 5.75 Å². The van der Waals surface area contributed by atoms with E-state index in [4.69, 9.17) is 10.5 Å². The highest BCUT2D eigenvalue weighted by Gasteiger charge is 2.15. The molecule has 6 nitrogen and oxygen atoms in total. The number of amides is 2. The number of benzene rings is 1. The number of hydrogen-bond acceptors (Lipinski definition) is 4. The summed E-state index contributed by atoms with van der Waals surface area (Å²) in [7, 11) is 0. The number of nitrogens with two attached hydrogens (primary N) is 1. The van der Waals surface area contributed by atoms with Crippen molar-refractivity contribution in [2.45, 2.75) is 6.54 Å². The highest BCUT2D eigenvalue weighted by molar-refractivity contribution is 5.95. The number of carbonyl (C=O) groups excluding carboxylic acids is 2. The highest BCUT2D eigenvalue weighted by atomic mass is 16.5. The van der Waals surface area contributed by atoms with Crippen molar-refractivity contribution in [3.63, 3.8) is 0 Å². The van der Waals surface area contributed by atoms with Crippen molar-refractivity contribution < 1.29 is 14.3 Å². The molecule has 4 N–H and O–H groups in total. The maximum atomic E-state index is 11.1. The topological polar surface area (TPSA) is 93.5 Å². The predicted octanol–water partition coefficient (Wildman–Crippen LogP) is -0.408. The molecule has 0 fully saturated rings. The van der Waals surface area contributed by atoms with E-state index in [2.05, 4.69) is 10.6 Å². The van der Waals surface area contributed by atoms with Crippen LogP contribution >= 0.6 is 0 Å². The molecule has 0 aliphatic carbocycles. The third-order valence-corrected chi connectivity index (χ3v) is 2.31. The third kappa shape index (κ3) is 2.94. The van der Waals surface area contributed by atoms with Crippen molar-refractivity contribution >= 4 is 17.5 Å². The second-order valence-corrected chi connectivity index (χ2v) is 3.74. The Bertz CT molecular complexity index is 459. The van der Waals surface area contributed by atoms with Crippen LogP contribution in [0.15, 0.2) is 18.2 Å². The molecule has 0 radical (unpaired) electrons. The van der Waals surface area contributed by atoms with Gasteiger partial charge in [-0.3, -0.25) is 9.59 Å². The summed E-state index contributed by atoms with van der Waals surface area (Å²) < 4.78 is 5.23. The molecule has 6 heteroatoms. The molecule has 0 spiro atoms. The van der Waals surface area contributed by atoms with E-state index in [0.29, 0.717) is 18.0 Å². The van der Waals surface area contributed by atoms with E-state index in [1.807, 2.05) is 6.07 Å². The van der Waals surface area contributed by atoms with Crippen molar-refractivity contribution in [1.29, 1.82) is 0 Å². The van der Waals surface area contributed by atoms with Crippen LogP contribution in [0.4, 0.5) is 5.69 Å². The SMILES string of the molecule is NC(=O)CNCc1ccc2c(c1)NC(=O)CO2. The van der Waals surface area contributed by atoms with Gasteiger partial charge in [-0.15, -0.1) is 0 Å². The van der Waals surface area contributed by atoms with E-state index in [1.54, 1.807) is 12.1 Å². The van der Waals surface area contributed by atoms with Crippen molar-refractivity contribution in [2.75, 3.05) is 18.5 Å². The van der Waals surface area contributed by atoms with Crippen LogP contribution < -0.4 is 21.1 Å². The van der Waals surface area contributed by atoms with Crippen LogP contribution in [0.1, 0.15) is 5.56 Å². The molecule has 0 saturated carbocycles. The third-order valence-electron chi connectivity index (χ3n) is 2.31.